The predicted octanol–water partition coefficient (Wildman–Crippen LogP) is -4.68. The van der Waals surface area contributed by atoms with Crippen molar-refractivity contribution in [1.29, 1.82) is 0 Å². The number of anilines is 1. The molecule has 0 spiro atoms. The van der Waals surface area contributed by atoms with Crippen LogP contribution in [-0.4, -0.2) is 107 Å². The van der Waals surface area contributed by atoms with Crippen LogP contribution in [0.5, 0.6) is 0 Å². The molecule has 13 N–H and O–H groups in total. The fourth-order valence-corrected chi connectivity index (χ4v) is 2.11. The van der Waals surface area contributed by atoms with Gasteiger partial charge in [-0.3, -0.25) is 14.3 Å². The zero-order valence-corrected chi connectivity index (χ0v) is 20.0. The molecule has 2 heterocycles. The molecule has 1 fully saturated rings. The lowest BCUT2D eigenvalue weighted by Crippen LogP contribution is -2.50. The van der Waals surface area contributed by atoms with Crippen LogP contribution >= 0.6 is 23.5 Å². The highest BCUT2D eigenvalue weighted by molar-refractivity contribution is 7.45. The fourth-order valence-electron chi connectivity index (χ4n) is 2.11. The molecule has 1 aliphatic heterocycles. The van der Waals surface area contributed by atoms with E-state index in [0.717, 1.165) is 0 Å². The second-order valence-electron chi connectivity index (χ2n) is 6.07. The molecule has 1 saturated heterocycles. The van der Waals surface area contributed by atoms with Crippen LogP contribution in [0.25, 0.3) is 0 Å². The second kappa shape index (κ2) is 15.5. The Morgan fingerprint density at radius 3 is 1.77 bits per heavy atom. The number of rotatable bonds is 4. The smallest absolute Gasteiger partial charge is 0.466 e. The zero-order chi connectivity index (χ0) is 28.2. The number of ether oxygens (including phenoxy) is 1. The Balaban J connectivity index is 0. The van der Waals surface area contributed by atoms with Crippen molar-refractivity contribution >= 4 is 35.3 Å². The Kier molecular flexibility index (Phi) is 15.7. The topological polar surface area (TPSA) is 364 Å². The van der Waals surface area contributed by atoms with Crippen LogP contribution in [0.15, 0.2) is 17.1 Å². The van der Waals surface area contributed by atoms with Crippen LogP contribution in [0.4, 0.5) is 5.82 Å². The summed E-state index contributed by atoms with van der Waals surface area (Å²) in [6, 6.07) is 1.45. The first kappa shape index (κ1) is 35.5. The molecule has 206 valence electrons. The molecule has 0 aromatic carbocycles. The average Bonchev–Trinajstić information content (AvgIpc) is 2.56. The van der Waals surface area contributed by atoms with Crippen molar-refractivity contribution in [1.82, 2.24) is 14.5 Å². The van der Waals surface area contributed by atoms with Gasteiger partial charge in [0.1, 0.15) is 5.82 Å². The van der Waals surface area contributed by atoms with Gasteiger partial charge in [0, 0.05) is 19.3 Å². The summed E-state index contributed by atoms with van der Waals surface area (Å²) < 4.78 is 33.4. The summed E-state index contributed by atoms with van der Waals surface area (Å²) >= 11 is 0. The number of hydrogen-bond donors (Lipinski definition) is 12. The Hall–Kier alpha value is -1.64. The van der Waals surface area contributed by atoms with Crippen LogP contribution in [0.2, 0.25) is 0 Å². The number of aliphatic hydroxyl groups is 1. The van der Waals surface area contributed by atoms with Crippen molar-refractivity contribution in [2.24, 2.45) is 0 Å². The van der Waals surface area contributed by atoms with E-state index in [1.54, 1.807) is 4.90 Å². The maximum atomic E-state index is 11.8. The third-order valence-corrected chi connectivity index (χ3v) is 2.95. The van der Waals surface area contributed by atoms with Gasteiger partial charge in [-0.05, 0) is 6.07 Å². The van der Waals surface area contributed by atoms with Crippen molar-refractivity contribution in [3.8, 4) is 0 Å². The summed E-state index contributed by atoms with van der Waals surface area (Å²) in [5.41, 5.74) is 4.83. The summed E-state index contributed by atoms with van der Waals surface area (Å²) in [5, 5.41) is 18.0. The number of aliphatic hydroxyl groups excluding tert-OH is 1. The van der Waals surface area contributed by atoms with E-state index in [-0.39, 0.29) is 32.1 Å². The monoisotopic (exact) mass is 578 g/mol. The molecule has 0 bridgehead atoms. The minimum absolute atomic E-state index is 0.100. The number of carboxylic acid groups (broad SMARTS) is 1. The molecule has 1 aliphatic rings. The molecule has 1 aromatic heterocycles. The normalized spacial score (nSPS) is 18.6. The molecular formula is C11H25N4O17P3. The summed E-state index contributed by atoms with van der Waals surface area (Å²) in [7, 11) is -13.9. The molecule has 2 unspecified atom stereocenters. The Morgan fingerprint density at radius 1 is 1.00 bits per heavy atom. The third kappa shape index (κ3) is 26.8. The van der Waals surface area contributed by atoms with Gasteiger partial charge in [-0.1, -0.05) is 0 Å². The SMILES string of the molecule is Nc1ccn(C2CN(CC(=O)O)CC(CO)O2)c(=O)n1.O=P(O)(O)O.O=P(O)(O)O.O=P(O)(O)O. The number of nitrogens with zero attached hydrogens (tertiary/aromatic N) is 3. The van der Waals surface area contributed by atoms with E-state index >= 15 is 0 Å². The molecular weight excluding hydrogens is 553 g/mol. The molecule has 1 aromatic rings. The molecule has 35 heavy (non-hydrogen) atoms. The molecule has 0 radical (unpaired) electrons. The standard InChI is InChI=1S/C11H16N4O5.3H3O4P/c12-8-1-2-15(11(19)13-8)9-4-14(5-10(17)18)3-7(6-16)20-9;3*1-5(2,3)4/h1-2,7,9,16H,3-6H2,(H,17,18)(H2,12,13,19);3*(H3,1,2,3,4). The van der Waals surface area contributed by atoms with Gasteiger partial charge in [-0.15, -0.1) is 0 Å². The van der Waals surface area contributed by atoms with E-state index in [2.05, 4.69) is 4.98 Å². The Morgan fingerprint density at radius 2 is 1.43 bits per heavy atom. The van der Waals surface area contributed by atoms with E-state index < -0.39 is 47.5 Å². The number of hydrogen-bond acceptors (Lipinski definition) is 10. The van der Waals surface area contributed by atoms with Crippen molar-refractivity contribution in [2.45, 2.75) is 12.3 Å². The van der Waals surface area contributed by atoms with Crippen molar-refractivity contribution in [2.75, 3.05) is 32.0 Å². The maximum Gasteiger partial charge on any atom is 0.466 e. The lowest BCUT2D eigenvalue weighted by atomic mass is 10.2. The first-order valence-corrected chi connectivity index (χ1v) is 13.1. The summed E-state index contributed by atoms with van der Waals surface area (Å²) in [5.74, 6) is -0.881. The third-order valence-electron chi connectivity index (χ3n) is 2.95. The van der Waals surface area contributed by atoms with E-state index in [0.29, 0.717) is 0 Å². The van der Waals surface area contributed by atoms with Gasteiger partial charge < -0.3 is 64.7 Å². The Bertz CT molecular complexity index is 913. The predicted molar refractivity (Wildman–Crippen MR) is 111 cm³/mol. The van der Waals surface area contributed by atoms with Gasteiger partial charge in [-0.25, -0.2) is 18.5 Å². The van der Waals surface area contributed by atoms with E-state index in [9.17, 15) is 14.7 Å². The number of nitrogen functional groups attached to an aromatic ring is 1. The zero-order valence-electron chi connectivity index (χ0n) is 17.3. The maximum absolute atomic E-state index is 11.8. The number of phosphoric acid groups is 3. The molecule has 0 amide bonds. The van der Waals surface area contributed by atoms with Gasteiger partial charge in [0.25, 0.3) is 0 Å². The van der Waals surface area contributed by atoms with Gasteiger partial charge in [0.15, 0.2) is 6.23 Å². The number of carbonyl (C=O) groups is 1. The number of morpholine rings is 1. The number of nitrogens with two attached hydrogens (primary N) is 1. The Labute approximate surface area is 195 Å². The largest absolute Gasteiger partial charge is 0.480 e. The van der Waals surface area contributed by atoms with Crippen LogP contribution in [-0.2, 0) is 23.2 Å². The number of aromatic nitrogens is 2. The highest BCUT2D eigenvalue weighted by atomic mass is 31.2. The van der Waals surface area contributed by atoms with E-state index in [1.807, 2.05) is 0 Å². The highest BCUT2D eigenvalue weighted by Crippen LogP contribution is 2.26. The van der Waals surface area contributed by atoms with Gasteiger partial charge in [0.2, 0.25) is 0 Å². The minimum Gasteiger partial charge on any atom is -0.480 e. The molecule has 21 nitrogen and oxygen atoms in total. The van der Waals surface area contributed by atoms with Crippen LogP contribution in [0.3, 0.4) is 0 Å². The molecule has 2 rings (SSSR count). The highest BCUT2D eigenvalue weighted by Gasteiger charge is 2.30. The number of aliphatic carboxylic acids is 1. The molecule has 2 atom stereocenters. The molecule has 24 heteroatoms. The average molecular weight is 578 g/mol. The quantitative estimate of drug-likeness (QED) is 0.149. The van der Waals surface area contributed by atoms with E-state index in [4.69, 9.17) is 73.3 Å². The lowest BCUT2D eigenvalue weighted by Gasteiger charge is -2.37. The summed E-state index contributed by atoms with van der Waals surface area (Å²) in [6.45, 7) is 0.0576. The summed E-state index contributed by atoms with van der Waals surface area (Å²) in [4.78, 5) is 92.4. The van der Waals surface area contributed by atoms with Crippen LogP contribution in [0.1, 0.15) is 6.23 Å². The van der Waals surface area contributed by atoms with Crippen LogP contribution < -0.4 is 11.4 Å². The first-order valence-electron chi connectivity index (χ1n) is 8.39. The van der Waals surface area contributed by atoms with Crippen molar-refractivity contribution in [3.63, 3.8) is 0 Å². The van der Waals surface area contributed by atoms with Crippen LogP contribution in [0, 0.1) is 0 Å². The van der Waals surface area contributed by atoms with Crippen molar-refractivity contribution in [3.05, 3.63) is 22.7 Å². The van der Waals surface area contributed by atoms with Gasteiger partial charge >= 0.3 is 35.1 Å². The lowest BCUT2D eigenvalue weighted by molar-refractivity contribution is -0.152. The number of carboxylic acids is 1. The molecule has 0 aliphatic carbocycles. The minimum atomic E-state index is -4.64. The first-order chi connectivity index (χ1) is 15.5. The van der Waals surface area contributed by atoms with Gasteiger partial charge in [-0.2, -0.15) is 4.98 Å². The second-order valence-corrected chi connectivity index (χ2v) is 9.14. The summed E-state index contributed by atoms with van der Waals surface area (Å²) in [6.07, 6.45) is 0.173. The fraction of sp³-hybridized carbons (Fsp3) is 0.545. The van der Waals surface area contributed by atoms with Crippen molar-refractivity contribution < 1.29 is 77.5 Å². The molecule has 0 saturated carbocycles. The van der Waals surface area contributed by atoms with E-state index in [1.165, 1.54) is 16.8 Å². The van der Waals surface area contributed by atoms with Gasteiger partial charge in [0.05, 0.1) is 19.3 Å².